The predicted octanol–water partition coefficient (Wildman–Crippen LogP) is -1.84. The Labute approximate surface area is 104 Å². The van der Waals surface area contributed by atoms with Crippen LogP contribution in [0.25, 0.3) is 0 Å². The number of amides is 3. The number of hydrogen-bond acceptors (Lipinski definition) is 4. The number of rotatable bonds is 7. The summed E-state index contributed by atoms with van der Waals surface area (Å²) in [6.07, 6.45) is 1.42. The molecule has 0 unspecified atom stereocenters. The molecule has 0 spiro atoms. The number of nitrogens with one attached hydrogen (secondary N) is 2. The highest BCUT2D eigenvalue weighted by atomic mass is 32.1. The molecule has 3 amide bonds. The van der Waals surface area contributed by atoms with Crippen molar-refractivity contribution in [2.75, 3.05) is 13.1 Å². The molecule has 0 aromatic carbocycles. The summed E-state index contributed by atoms with van der Waals surface area (Å²) in [4.78, 5) is 32.8. The van der Waals surface area contributed by atoms with E-state index in [4.69, 9.17) is 11.5 Å². The quantitative estimate of drug-likeness (QED) is 0.243. The first kappa shape index (κ1) is 15.3. The first-order valence-corrected chi connectivity index (χ1v) is 5.47. The Balaban J connectivity index is 3.61. The second-order valence-corrected chi connectivity index (χ2v) is 3.85. The molecule has 0 saturated heterocycles. The lowest BCUT2D eigenvalue weighted by molar-refractivity contribution is -0.139. The molecule has 0 fully saturated rings. The van der Waals surface area contributed by atoms with Gasteiger partial charge in [-0.1, -0.05) is 12.2 Å². The van der Waals surface area contributed by atoms with Crippen molar-refractivity contribution in [2.24, 2.45) is 11.5 Å². The summed E-state index contributed by atoms with van der Waals surface area (Å²) in [5.41, 5.74) is 10.1. The summed E-state index contributed by atoms with van der Waals surface area (Å²) < 4.78 is 0. The summed E-state index contributed by atoms with van der Waals surface area (Å²) in [7, 11) is 0. The van der Waals surface area contributed by atoms with Crippen molar-refractivity contribution in [3.05, 3.63) is 0 Å². The third-order valence-corrected chi connectivity index (χ3v) is 1.91. The van der Waals surface area contributed by atoms with Crippen molar-refractivity contribution < 1.29 is 14.4 Å². The lowest BCUT2D eigenvalue weighted by Crippen LogP contribution is -2.43. The Morgan fingerprint density at radius 1 is 1.00 bits per heavy atom. The molecule has 0 heterocycles. The van der Waals surface area contributed by atoms with Crippen LogP contribution in [0.1, 0.15) is 19.3 Å². The number of thiocarbonyl (C=S) groups is 1. The van der Waals surface area contributed by atoms with Gasteiger partial charge in [0.25, 0.3) is 0 Å². The molecule has 0 aromatic heterocycles. The number of unbranched alkanes of at least 4 members (excludes halogenated alkanes) is 1. The molecule has 0 bridgehead atoms. The molecular weight excluding hydrogens is 244 g/mol. The third-order valence-electron chi connectivity index (χ3n) is 1.76. The highest BCUT2D eigenvalue weighted by Crippen LogP contribution is 1.91. The van der Waals surface area contributed by atoms with Crippen LogP contribution in [-0.4, -0.2) is 35.8 Å². The topological polar surface area (TPSA) is 127 Å². The summed E-state index contributed by atoms with van der Waals surface area (Å²) >= 11 is 4.53. The van der Waals surface area contributed by atoms with E-state index in [9.17, 15) is 14.4 Å². The largest absolute Gasteiger partial charge is 0.392 e. The van der Waals surface area contributed by atoms with Crippen LogP contribution in [0.5, 0.6) is 0 Å². The number of carbonyl (C=O) groups excluding carboxylic acids is 3. The summed E-state index contributed by atoms with van der Waals surface area (Å²) in [5, 5.41) is 4.64. The molecule has 7 nitrogen and oxygen atoms in total. The maximum Gasteiger partial charge on any atom is 0.309 e. The van der Waals surface area contributed by atoms with Crippen LogP contribution in [-0.2, 0) is 14.4 Å². The smallest absolute Gasteiger partial charge is 0.309 e. The number of primary amides is 1. The van der Waals surface area contributed by atoms with Crippen LogP contribution in [0.2, 0.25) is 0 Å². The minimum absolute atomic E-state index is 0.0107. The minimum Gasteiger partial charge on any atom is -0.392 e. The monoisotopic (exact) mass is 260 g/mol. The first-order valence-electron chi connectivity index (χ1n) is 5.06. The average Bonchev–Trinajstić information content (AvgIpc) is 2.24. The van der Waals surface area contributed by atoms with E-state index in [0.717, 1.165) is 0 Å². The molecule has 96 valence electrons. The average molecular weight is 260 g/mol. The summed E-state index contributed by atoms with van der Waals surface area (Å²) in [6.45, 7) is 0.301. The van der Waals surface area contributed by atoms with Crippen LogP contribution in [0, 0.1) is 0 Å². The SMILES string of the molecule is NC(=O)CCCCNC(=O)C(=O)NCC(N)=S. The van der Waals surface area contributed by atoms with Crippen molar-refractivity contribution in [1.29, 1.82) is 0 Å². The molecule has 0 aliphatic carbocycles. The maximum atomic E-state index is 11.2. The number of nitrogens with two attached hydrogens (primary N) is 2. The summed E-state index contributed by atoms with van der Waals surface area (Å²) in [6, 6.07) is 0. The van der Waals surface area contributed by atoms with Gasteiger partial charge in [-0.3, -0.25) is 14.4 Å². The predicted molar refractivity (Wildman–Crippen MR) is 65.9 cm³/mol. The van der Waals surface area contributed by atoms with Crippen molar-refractivity contribution in [3.63, 3.8) is 0 Å². The van der Waals surface area contributed by atoms with Crippen molar-refractivity contribution in [3.8, 4) is 0 Å². The van der Waals surface area contributed by atoms with Gasteiger partial charge in [-0.25, -0.2) is 0 Å². The molecule has 0 aromatic rings. The molecule has 17 heavy (non-hydrogen) atoms. The lowest BCUT2D eigenvalue weighted by atomic mass is 10.2. The van der Waals surface area contributed by atoms with Crippen LogP contribution in [0.3, 0.4) is 0 Å². The fourth-order valence-electron chi connectivity index (χ4n) is 0.954. The van der Waals surface area contributed by atoms with Gasteiger partial charge in [-0.05, 0) is 12.8 Å². The van der Waals surface area contributed by atoms with Crippen molar-refractivity contribution >= 4 is 34.9 Å². The van der Waals surface area contributed by atoms with Crippen molar-refractivity contribution in [1.82, 2.24) is 10.6 Å². The first-order chi connectivity index (χ1) is 7.93. The standard InChI is InChI=1S/C9H16N4O3S/c10-6(14)3-1-2-4-12-8(15)9(16)13-5-7(11)17/h1-5H2,(H2,10,14)(H2,11,17)(H,12,15)(H,13,16). The zero-order valence-corrected chi connectivity index (χ0v) is 10.1. The van der Waals surface area contributed by atoms with E-state index in [1.54, 1.807) is 0 Å². The van der Waals surface area contributed by atoms with Crippen LogP contribution in [0.15, 0.2) is 0 Å². The fourth-order valence-corrected chi connectivity index (χ4v) is 1.03. The van der Waals surface area contributed by atoms with E-state index in [1.807, 2.05) is 0 Å². The van der Waals surface area contributed by atoms with E-state index in [0.29, 0.717) is 19.4 Å². The Bertz CT molecular complexity index is 319. The second kappa shape index (κ2) is 8.45. The maximum absolute atomic E-state index is 11.2. The van der Waals surface area contributed by atoms with Gasteiger partial charge in [0.05, 0.1) is 11.5 Å². The van der Waals surface area contributed by atoms with E-state index in [-0.39, 0.29) is 23.9 Å². The van der Waals surface area contributed by atoms with Gasteiger partial charge in [-0.15, -0.1) is 0 Å². The Morgan fingerprint density at radius 3 is 2.12 bits per heavy atom. The zero-order valence-electron chi connectivity index (χ0n) is 9.32. The highest BCUT2D eigenvalue weighted by Gasteiger charge is 2.11. The van der Waals surface area contributed by atoms with Crippen molar-refractivity contribution in [2.45, 2.75) is 19.3 Å². The normalized spacial score (nSPS) is 9.41. The van der Waals surface area contributed by atoms with Gasteiger partial charge in [-0.2, -0.15) is 0 Å². The minimum atomic E-state index is -0.785. The van der Waals surface area contributed by atoms with Gasteiger partial charge >= 0.3 is 11.8 Å². The molecule has 0 saturated carbocycles. The highest BCUT2D eigenvalue weighted by molar-refractivity contribution is 7.80. The molecule has 6 N–H and O–H groups in total. The van der Waals surface area contributed by atoms with E-state index >= 15 is 0 Å². The van der Waals surface area contributed by atoms with E-state index < -0.39 is 11.8 Å². The van der Waals surface area contributed by atoms with Gasteiger partial charge in [0.1, 0.15) is 0 Å². The van der Waals surface area contributed by atoms with E-state index in [1.165, 1.54) is 0 Å². The molecule has 0 aliphatic rings. The molecular formula is C9H16N4O3S. The zero-order chi connectivity index (χ0) is 13.3. The Hall–Kier alpha value is -1.70. The molecule has 0 radical (unpaired) electrons. The number of hydrogen-bond donors (Lipinski definition) is 4. The second-order valence-electron chi connectivity index (χ2n) is 3.33. The third kappa shape index (κ3) is 9.24. The van der Waals surface area contributed by atoms with Crippen LogP contribution in [0.4, 0.5) is 0 Å². The van der Waals surface area contributed by atoms with Gasteiger partial charge in [0.2, 0.25) is 5.91 Å². The van der Waals surface area contributed by atoms with Gasteiger partial charge in [0.15, 0.2) is 0 Å². The van der Waals surface area contributed by atoms with Crippen LogP contribution >= 0.6 is 12.2 Å². The Morgan fingerprint density at radius 2 is 1.59 bits per heavy atom. The number of carbonyl (C=O) groups is 3. The van der Waals surface area contributed by atoms with Crippen LogP contribution < -0.4 is 22.1 Å². The molecule has 0 rings (SSSR count). The van der Waals surface area contributed by atoms with Gasteiger partial charge in [0, 0.05) is 13.0 Å². The summed E-state index contributed by atoms with van der Waals surface area (Å²) in [5.74, 6) is -1.92. The molecule has 8 heteroatoms. The Kier molecular flexibility index (Phi) is 7.61. The molecule has 0 aliphatic heterocycles. The fraction of sp³-hybridized carbons (Fsp3) is 0.556. The van der Waals surface area contributed by atoms with E-state index in [2.05, 4.69) is 22.9 Å². The molecule has 0 atom stereocenters. The van der Waals surface area contributed by atoms with Gasteiger partial charge < -0.3 is 22.1 Å². The lowest BCUT2D eigenvalue weighted by Gasteiger charge is -2.05.